The summed E-state index contributed by atoms with van der Waals surface area (Å²) in [7, 11) is 1.66. The van der Waals surface area contributed by atoms with Crippen molar-refractivity contribution >= 4 is 12.0 Å². The number of nitrogens with one attached hydrogen (secondary N) is 1. The van der Waals surface area contributed by atoms with Crippen LogP contribution in [0.2, 0.25) is 0 Å². The van der Waals surface area contributed by atoms with Crippen molar-refractivity contribution in [1.82, 2.24) is 5.32 Å². The second-order valence-electron chi connectivity index (χ2n) is 5.66. The Bertz CT molecular complexity index is 738. The predicted molar refractivity (Wildman–Crippen MR) is 101 cm³/mol. The minimum absolute atomic E-state index is 0.127. The largest absolute Gasteiger partial charge is 0.496 e. The minimum atomic E-state index is -0.127. The zero-order valence-electron chi connectivity index (χ0n) is 15.0. The van der Waals surface area contributed by atoms with Crippen molar-refractivity contribution in [2.24, 2.45) is 0 Å². The molecule has 0 aliphatic carbocycles. The van der Waals surface area contributed by atoms with E-state index in [4.69, 9.17) is 9.47 Å². The Kier molecular flexibility index (Phi) is 7.08. The Labute approximate surface area is 149 Å². The maximum absolute atomic E-state index is 12.0. The summed E-state index contributed by atoms with van der Waals surface area (Å²) < 4.78 is 10.9. The lowest BCUT2D eigenvalue weighted by Crippen LogP contribution is -2.23. The molecule has 0 bridgehead atoms. The van der Waals surface area contributed by atoms with Crippen molar-refractivity contribution in [2.45, 2.75) is 20.3 Å². The van der Waals surface area contributed by atoms with Crippen LogP contribution in [-0.4, -0.2) is 26.2 Å². The summed E-state index contributed by atoms with van der Waals surface area (Å²) >= 11 is 0. The van der Waals surface area contributed by atoms with Gasteiger partial charge in [0, 0.05) is 18.2 Å². The molecule has 0 aromatic heterocycles. The number of aryl methyl sites for hydroxylation is 1. The van der Waals surface area contributed by atoms with E-state index in [2.05, 4.69) is 11.4 Å². The van der Waals surface area contributed by atoms with Crippen LogP contribution in [0.5, 0.6) is 11.5 Å². The molecule has 0 saturated carbocycles. The van der Waals surface area contributed by atoms with E-state index in [-0.39, 0.29) is 5.91 Å². The van der Waals surface area contributed by atoms with Gasteiger partial charge < -0.3 is 14.8 Å². The molecule has 0 aliphatic heterocycles. The highest BCUT2D eigenvalue weighted by molar-refractivity contribution is 5.92. The molecule has 0 heterocycles. The molecule has 132 valence electrons. The highest BCUT2D eigenvalue weighted by atomic mass is 16.5. The zero-order chi connectivity index (χ0) is 18.1. The Hall–Kier alpha value is -2.75. The monoisotopic (exact) mass is 339 g/mol. The van der Waals surface area contributed by atoms with E-state index in [0.29, 0.717) is 13.2 Å². The van der Waals surface area contributed by atoms with Crippen molar-refractivity contribution < 1.29 is 14.3 Å². The first-order valence-corrected chi connectivity index (χ1v) is 8.45. The summed E-state index contributed by atoms with van der Waals surface area (Å²) in [6.07, 6.45) is 4.03. The predicted octanol–water partition coefficient (Wildman–Crippen LogP) is 3.77. The number of carbonyl (C=O) groups excluding carboxylic acids is 1. The van der Waals surface area contributed by atoms with Gasteiger partial charge in [0.05, 0.1) is 13.7 Å². The molecule has 4 nitrogen and oxygen atoms in total. The Morgan fingerprint density at radius 2 is 1.96 bits per heavy atom. The highest BCUT2D eigenvalue weighted by Gasteiger charge is 2.04. The fourth-order valence-electron chi connectivity index (χ4n) is 2.55. The lowest BCUT2D eigenvalue weighted by molar-refractivity contribution is -0.116. The van der Waals surface area contributed by atoms with Gasteiger partial charge in [0.2, 0.25) is 5.91 Å². The molecule has 0 radical (unpaired) electrons. The van der Waals surface area contributed by atoms with Crippen LogP contribution in [-0.2, 0) is 11.2 Å². The Morgan fingerprint density at radius 3 is 2.72 bits per heavy atom. The maximum Gasteiger partial charge on any atom is 0.244 e. The van der Waals surface area contributed by atoms with Gasteiger partial charge in [-0.1, -0.05) is 35.9 Å². The van der Waals surface area contributed by atoms with Gasteiger partial charge in [-0.15, -0.1) is 0 Å². The lowest BCUT2D eigenvalue weighted by Gasteiger charge is -2.10. The van der Waals surface area contributed by atoms with Crippen molar-refractivity contribution in [3.8, 4) is 11.5 Å². The van der Waals surface area contributed by atoms with E-state index in [1.54, 1.807) is 13.2 Å². The fraction of sp³-hybridized carbons (Fsp3) is 0.286. The average Bonchev–Trinajstić information content (AvgIpc) is 2.61. The van der Waals surface area contributed by atoms with Gasteiger partial charge in [0.25, 0.3) is 0 Å². The number of methoxy groups -OCH3 is 1. The molecule has 0 atom stereocenters. The normalized spacial score (nSPS) is 10.7. The third kappa shape index (κ3) is 5.68. The van der Waals surface area contributed by atoms with Crippen LogP contribution in [0.4, 0.5) is 0 Å². The van der Waals surface area contributed by atoms with Gasteiger partial charge >= 0.3 is 0 Å². The number of benzene rings is 2. The molecule has 0 saturated heterocycles. The summed E-state index contributed by atoms with van der Waals surface area (Å²) in [6.45, 7) is 5.12. The SMILES string of the molecule is CCOc1ccccc1/C=C/C(=O)NCCc1cc(C)ccc1OC. The van der Waals surface area contributed by atoms with Crippen LogP contribution >= 0.6 is 0 Å². The van der Waals surface area contributed by atoms with E-state index in [1.165, 1.54) is 11.6 Å². The summed E-state index contributed by atoms with van der Waals surface area (Å²) in [5.41, 5.74) is 3.16. The van der Waals surface area contributed by atoms with E-state index in [1.807, 2.05) is 50.2 Å². The van der Waals surface area contributed by atoms with Gasteiger partial charge in [0.1, 0.15) is 11.5 Å². The van der Waals surface area contributed by atoms with Crippen molar-refractivity contribution in [2.75, 3.05) is 20.3 Å². The molecule has 1 amide bonds. The minimum Gasteiger partial charge on any atom is -0.496 e. The van der Waals surface area contributed by atoms with Crippen molar-refractivity contribution in [3.05, 3.63) is 65.2 Å². The summed E-state index contributed by atoms with van der Waals surface area (Å²) in [5, 5.41) is 2.90. The molecule has 2 rings (SSSR count). The first-order chi connectivity index (χ1) is 12.1. The summed E-state index contributed by atoms with van der Waals surface area (Å²) in [4.78, 5) is 12.0. The third-order valence-corrected chi connectivity index (χ3v) is 3.76. The van der Waals surface area contributed by atoms with Gasteiger partial charge in [0.15, 0.2) is 0 Å². The second-order valence-corrected chi connectivity index (χ2v) is 5.66. The molecule has 0 spiro atoms. The van der Waals surface area contributed by atoms with Crippen LogP contribution in [0.15, 0.2) is 48.5 Å². The van der Waals surface area contributed by atoms with E-state index in [9.17, 15) is 4.79 Å². The van der Waals surface area contributed by atoms with Crippen LogP contribution in [0.3, 0.4) is 0 Å². The first kappa shape index (κ1) is 18.6. The summed E-state index contributed by atoms with van der Waals surface area (Å²) in [6, 6.07) is 13.7. The molecular formula is C21H25NO3. The molecular weight excluding hydrogens is 314 g/mol. The van der Waals surface area contributed by atoms with Gasteiger partial charge in [-0.3, -0.25) is 4.79 Å². The maximum atomic E-state index is 12.0. The first-order valence-electron chi connectivity index (χ1n) is 8.45. The quantitative estimate of drug-likeness (QED) is 0.745. The number of carbonyl (C=O) groups is 1. The standard InChI is InChI=1S/C21H25NO3/c1-4-25-20-8-6-5-7-17(20)10-12-21(23)22-14-13-18-15-16(2)9-11-19(18)24-3/h5-12,15H,4,13-14H2,1-3H3,(H,22,23)/b12-10+. The summed E-state index contributed by atoms with van der Waals surface area (Å²) in [5.74, 6) is 1.50. The second kappa shape index (κ2) is 9.52. The molecule has 2 aromatic carbocycles. The van der Waals surface area contributed by atoms with E-state index < -0.39 is 0 Å². The van der Waals surface area contributed by atoms with E-state index >= 15 is 0 Å². The molecule has 1 N–H and O–H groups in total. The number of para-hydroxylation sites is 1. The third-order valence-electron chi connectivity index (χ3n) is 3.76. The van der Waals surface area contributed by atoms with Crippen molar-refractivity contribution in [1.29, 1.82) is 0 Å². The zero-order valence-corrected chi connectivity index (χ0v) is 15.0. The molecule has 0 fully saturated rings. The smallest absolute Gasteiger partial charge is 0.244 e. The van der Waals surface area contributed by atoms with Gasteiger partial charge in [-0.05, 0) is 44.0 Å². The Morgan fingerprint density at radius 1 is 1.16 bits per heavy atom. The average molecular weight is 339 g/mol. The molecule has 0 unspecified atom stereocenters. The van der Waals surface area contributed by atoms with E-state index in [0.717, 1.165) is 29.0 Å². The van der Waals surface area contributed by atoms with Crippen LogP contribution in [0.25, 0.3) is 6.08 Å². The number of hydrogen-bond donors (Lipinski definition) is 1. The van der Waals surface area contributed by atoms with Crippen LogP contribution in [0, 0.1) is 6.92 Å². The molecule has 0 aliphatic rings. The Balaban J connectivity index is 1.90. The molecule has 4 heteroatoms. The van der Waals surface area contributed by atoms with Crippen LogP contribution in [0.1, 0.15) is 23.6 Å². The van der Waals surface area contributed by atoms with Crippen LogP contribution < -0.4 is 14.8 Å². The molecule has 2 aromatic rings. The van der Waals surface area contributed by atoms with Gasteiger partial charge in [-0.2, -0.15) is 0 Å². The van der Waals surface area contributed by atoms with Crippen molar-refractivity contribution in [3.63, 3.8) is 0 Å². The lowest BCUT2D eigenvalue weighted by atomic mass is 10.1. The number of hydrogen-bond acceptors (Lipinski definition) is 3. The number of ether oxygens (including phenoxy) is 2. The number of amides is 1. The molecule has 25 heavy (non-hydrogen) atoms. The topological polar surface area (TPSA) is 47.6 Å². The number of rotatable bonds is 8. The highest BCUT2D eigenvalue weighted by Crippen LogP contribution is 2.20. The van der Waals surface area contributed by atoms with Gasteiger partial charge in [-0.25, -0.2) is 0 Å². The fourth-order valence-corrected chi connectivity index (χ4v) is 2.55.